The Kier molecular flexibility index (Phi) is 4.02. The first kappa shape index (κ1) is 12.7. The molecule has 0 fully saturated rings. The molecule has 0 aromatic heterocycles. The summed E-state index contributed by atoms with van der Waals surface area (Å²) in [7, 11) is 1.71. The topological polar surface area (TPSA) is 9.23 Å². The minimum absolute atomic E-state index is 0.463. The van der Waals surface area contributed by atoms with Crippen molar-refractivity contribution in [3.05, 3.63) is 59.7 Å². The van der Waals surface area contributed by atoms with E-state index in [0.717, 1.165) is 18.4 Å². The van der Waals surface area contributed by atoms with Gasteiger partial charge in [-0.2, -0.15) is 0 Å². The van der Waals surface area contributed by atoms with Crippen molar-refractivity contribution in [3.63, 3.8) is 0 Å². The predicted octanol–water partition coefficient (Wildman–Crippen LogP) is 3.50. The maximum atomic E-state index is 5.56. The first-order chi connectivity index (χ1) is 8.79. The molecule has 0 amide bonds. The smallest absolute Gasteiger partial charge is 0.150 e. The molecule has 1 aliphatic carbocycles. The highest BCUT2D eigenvalue weighted by molar-refractivity contribution is 5.44. The molecule has 1 aliphatic rings. The summed E-state index contributed by atoms with van der Waals surface area (Å²) in [6.07, 6.45) is 9.94. The SMILES string of the molecule is CCc1ccccc1C#CC1(OC)C=CC=CC1. The van der Waals surface area contributed by atoms with E-state index in [4.69, 9.17) is 4.74 Å². The number of hydrogen-bond acceptors (Lipinski definition) is 1. The van der Waals surface area contributed by atoms with Crippen LogP contribution in [0.3, 0.4) is 0 Å². The van der Waals surface area contributed by atoms with E-state index >= 15 is 0 Å². The van der Waals surface area contributed by atoms with Crippen LogP contribution in [0.5, 0.6) is 0 Å². The lowest BCUT2D eigenvalue weighted by Gasteiger charge is -2.23. The van der Waals surface area contributed by atoms with Gasteiger partial charge in [-0.15, -0.1) is 0 Å². The van der Waals surface area contributed by atoms with E-state index in [1.54, 1.807) is 7.11 Å². The summed E-state index contributed by atoms with van der Waals surface area (Å²) >= 11 is 0. The minimum atomic E-state index is -0.463. The van der Waals surface area contributed by atoms with E-state index in [2.05, 4.69) is 43.0 Å². The summed E-state index contributed by atoms with van der Waals surface area (Å²) < 4.78 is 5.56. The lowest BCUT2D eigenvalue weighted by Crippen LogP contribution is -2.27. The van der Waals surface area contributed by atoms with E-state index in [9.17, 15) is 0 Å². The van der Waals surface area contributed by atoms with Crippen LogP contribution in [0.1, 0.15) is 24.5 Å². The molecule has 0 bridgehead atoms. The van der Waals surface area contributed by atoms with Gasteiger partial charge in [0.1, 0.15) is 0 Å². The fourth-order valence-corrected chi connectivity index (χ4v) is 2.02. The summed E-state index contributed by atoms with van der Waals surface area (Å²) in [5.74, 6) is 6.53. The molecule has 0 spiro atoms. The Labute approximate surface area is 109 Å². The maximum Gasteiger partial charge on any atom is 0.150 e. The first-order valence-corrected chi connectivity index (χ1v) is 6.30. The molecule has 18 heavy (non-hydrogen) atoms. The van der Waals surface area contributed by atoms with Crippen molar-refractivity contribution in [1.29, 1.82) is 0 Å². The summed E-state index contributed by atoms with van der Waals surface area (Å²) in [5.41, 5.74) is 1.92. The number of allylic oxidation sites excluding steroid dienone is 2. The largest absolute Gasteiger partial charge is 0.362 e. The van der Waals surface area contributed by atoms with Crippen LogP contribution in [-0.2, 0) is 11.2 Å². The Morgan fingerprint density at radius 2 is 2.11 bits per heavy atom. The van der Waals surface area contributed by atoms with Gasteiger partial charge in [0.15, 0.2) is 5.60 Å². The van der Waals surface area contributed by atoms with Crippen molar-refractivity contribution in [1.82, 2.24) is 0 Å². The fraction of sp³-hybridized carbons (Fsp3) is 0.294. The van der Waals surface area contributed by atoms with E-state index in [-0.39, 0.29) is 0 Å². The van der Waals surface area contributed by atoms with Crippen LogP contribution in [0.25, 0.3) is 0 Å². The fourth-order valence-electron chi connectivity index (χ4n) is 2.02. The lowest BCUT2D eigenvalue weighted by molar-refractivity contribution is 0.0843. The van der Waals surface area contributed by atoms with Gasteiger partial charge in [-0.25, -0.2) is 0 Å². The van der Waals surface area contributed by atoms with Crippen molar-refractivity contribution in [2.75, 3.05) is 7.11 Å². The highest BCUT2D eigenvalue weighted by atomic mass is 16.5. The first-order valence-electron chi connectivity index (χ1n) is 6.30. The number of hydrogen-bond donors (Lipinski definition) is 0. The monoisotopic (exact) mass is 238 g/mol. The van der Waals surface area contributed by atoms with Crippen LogP contribution in [0, 0.1) is 11.8 Å². The predicted molar refractivity (Wildman–Crippen MR) is 75.3 cm³/mol. The van der Waals surface area contributed by atoms with Gasteiger partial charge in [-0.05, 0) is 24.1 Å². The third-order valence-corrected chi connectivity index (χ3v) is 3.21. The quantitative estimate of drug-likeness (QED) is 0.716. The number of rotatable bonds is 2. The molecule has 1 atom stereocenters. The zero-order valence-electron chi connectivity index (χ0n) is 10.9. The number of aryl methyl sites for hydroxylation is 1. The second-order valence-corrected chi connectivity index (χ2v) is 4.35. The Morgan fingerprint density at radius 1 is 1.28 bits per heavy atom. The van der Waals surface area contributed by atoms with Gasteiger partial charge in [0.2, 0.25) is 0 Å². The van der Waals surface area contributed by atoms with Gasteiger partial charge < -0.3 is 4.74 Å². The zero-order valence-corrected chi connectivity index (χ0v) is 10.9. The molecule has 0 N–H and O–H groups in total. The Hall–Kier alpha value is -1.78. The van der Waals surface area contributed by atoms with Crippen LogP contribution in [-0.4, -0.2) is 12.7 Å². The highest BCUT2D eigenvalue weighted by Crippen LogP contribution is 2.21. The van der Waals surface area contributed by atoms with Crippen molar-refractivity contribution in [2.24, 2.45) is 0 Å². The van der Waals surface area contributed by atoms with Crippen LogP contribution in [0.15, 0.2) is 48.6 Å². The molecule has 0 radical (unpaired) electrons. The molecule has 1 aromatic carbocycles. The van der Waals surface area contributed by atoms with Gasteiger partial charge in [0.25, 0.3) is 0 Å². The van der Waals surface area contributed by atoms with Crippen molar-refractivity contribution >= 4 is 0 Å². The zero-order chi connectivity index (χ0) is 12.8. The molecule has 92 valence electrons. The van der Waals surface area contributed by atoms with Crippen LogP contribution >= 0.6 is 0 Å². The van der Waals surface area contributed by atoms with E-state index < -0.39 is 5.60 Å². The number of benzene rings is 1. The molecule has 0 saturated carbocycles. The molecule has 1 unspecified atom stereocenters. The standard InChI is InChI=1S/C17H18O/c1-3-15-9-5-6-10-16(15)11-14-17(18-2)12-7-4-8-13-17/h4-10,12H,3,13H2,1-2H3. The van der Waals surface area contributed by atoms with Crippen molar-refractivity contribution < 1.29 is 4.74 Å². The summed E-state index contributed by atoms with van der Waals surface area (Å²) in [6.45, 7) is 2.15. The van der Waals surface area contributed by atoms with Gasteiger partial charge in [0.05, 0.1) is 0 Å². The van der Waals surface area contributed by atoms with Gasteiger partial charge in [-0.1, -0.05) is 55.2 Å². The molecular formula is C17H18O. The average Bonchev–Trinajstić information content (AvgIpc) is 2.46. The van der Waals surface area contributed by atoms with Crippen LogP contribution < -0.4 is 0 Å². The van der Waals surface area contributed by atoms with Crippen LogP contribution in [0.4, 0.5) is 0 Å². The lowest BCUT2D eigenvalue weighted by atomic mass is 9.95. The van der Waals surface area contributed by atoms with Crippen molar-refractivity contribution in [3.8, 4) is 11.8 Å². The molecule has 1 nitrogen and oxygen atoms in total. The molecule has 0 saturated heterocycles. The van der Waals surface area contributed by atoms with Gasteiger partial charge in [0, 0.05) is 19.1 Å². The van der Waals surface area contributed by atoms with E-state index in [1.165, 1.54) is 5.56 Å². The molecular weight excluding hydrogens is 220 g/mol. The second-order valence-electron chi connectivity index (χ2n) is 4.35. The molecule has 2 rings (SSSR count). The minimum Gasteiger partial charge on any atom is -0.362 e. The molecule has 0 aliphatic heterocycles. The molecule has 1 aromatic rings. The third kappa shape index (κ3) is 2.72. The Bertz CT molecular complexity index is 528. The van der Waals surface area contributed by atoms with Crippen molar-refractivity contribution in [2.45, 2.75) is 25.4 Å². The van der Waals surface area contributed by atoms with Crippen LogP contribution in [0.2, 0.25) is 0 Å². The molecule has 0 heterocycles. The highest BCUT2D eigenvalue weighted by Gasteiger charge is 2.23. The van der Waals surface area contributed by atoms with Gasteiger partial charge >= 0.3 is 0 Å². The second kappa shape index (κ2) is 5.71. The summed E-state index contributed by atoms with van der Waals surface area (Å²) in [5, 5.41) is 0. The number of ether oxygens (including phenoxy) is 1. The maximum absolute atomic E-state index is 5.56. The number of methoxy groups -OCH3 is 1. The summed E-state index contributed by atoms with van der Waals surface area (Å²) in [4.78, 5) is 0. The summed E-state index contributed by atoms with van der Waals surface area (Å²) in [6, 6.07) is 8.27. The van der Waals surface area contributed by atoms with E-state index in [0.29, 0.717) is 0 Å². The van der Waals surface area contributed by atoms with E-state index in [1.807, 2.05) is 24.3 Å². The van der Waals surface area contributed by atoms with Gasteiger partial charge in [-0.3, -0.25) is 0 Å². The average molecular weight is 238 g/mol. The third-order valence-electron chi connectivity index (χ3n) is 3.21. The Balaban J connectivity index is 2.30. The normalized spacial score (nSPS) is 21.4. The molecule has 1 heteroatoms. The Morgan fingerprint density at radius 3 is 2.78 bits per heavy atom.